The molecule has 0 amide bonds. The van der Waals surface area contributed by atoms with Crippen LogP contribution in [-0.2, 0) is 17.8 Å². The third-order valence-electron chi connectivity index (χ3n) is 5.02. The third-order valence-corrected chi connectivity index (χ3v) is 5.02. The Balaban J connectivity index is 1.67. The van der Waals surface area contributed by atoms with Crippen molar-refractivity contribution in [3.63, 3.8) is 0 Å². The van der Waals surface area contributed by atoms with E-state index in [2.05, 4.69) is 19.4 Å². The van der Waals surface area contributed by atoms with Crippen LogP contribution in [0.3, 0.4) is 0 Å². The van der Waals surface area contributed by atoms with E-state index in [-0.39, 0.29) is 5.92 Å². The van der Waals surface area contributed by atoms with Crippen molar-refractivity contribution in [3.8, 4) is 0 Å². The highest BCUT2D eigenvalue weighted by Gasteiger charge is 2.27. The van der Waals surface area contributed by atoms with Gasteiger partial charge in [-0.25, -0.2) is 15.0 Å². The van der Waals surface area contributed by atoms with Crippen molar-refractivity contribution < 1.29 is 9.90 Å². The van der Waals surface area contributed by atoms with Crippen LogP contribution in [0.15, 0.2) is 6.33 Å². The minimum Gasteiger partial charge on any atom is -0.481 e. The van der Waals surface area contributed by atoms with Gasteiger partial charge in [-0.05, 0) is 25.7 Å². The van der Waals surface area contributed by atoms with Crippen LogP contribution in [0.5, 0.6) is 0 Å². The van der Waals surface area contributed by atoms with Gasteiger partial charge in [0.05, 0.1) is 5.92 Å². The van der Waals surface area contributed by atoms with Gasteiger partial charge in [-0.1, -0.05) is 6.42 Å². The summed E-state index contributed by atoms with van der Waals surface area (Å²) in [5.41, 5.74) is 1.80. The molecule has 1 N–H and O–H groups in total. The average molecular weight is 315 g/mol. The molecule has 4 rings (SSSR count). The Kier molecular flexibility index (Phi) is 3.63. The summed E-state index contributed by atoms with van der Waals surface area (Å²) < 4.78 is 2.23. The summed E-state index contributed by atoms with van der Waals surface area (Å²) in [6.07, 6.45) is 7.52. The van der Waals surface area contributed by atoms with E-state index >= 15 is 0 Å². The Hall–Kier alpha value is -2.18. The summed E-state index contributed by atoms with van der Waals surface area (Å²) >= 11 is 0. The second-order valence-electron chi connectivity index (χ2n) is 6.46. The standard InChI is InChI=1S/C16H21N5O2/c22-16(23)11-5-8-20(9-6-11)14-13-15(18-10-17-14)21-7-3-1-2-4-12(21)19-13/h10-11H,1-9H2,(H,22,23). The lowest BCUT2D eigenvalue weighted by atomic mass is 9.97. The fourth-order valence-electron chi connectivity index (χ4n) is 3.69. The van der Waals surface area contributed by atoms with E-state index in [1.807, 2.05) is 0 Å². The largest absolute Gasteiger partial charge is 0.481 e. The lowest BCUT2D eigenvalue weighted by molar-refractivity contribution is -0.142. The number of nitrogens with zero attached hydrogens (tertiary/aromatic N) is 5. The SMILES string of the molecule is O=C(O)C1CCN(c2ncnc3c2nc2n3CCCCC2)CC1. The quantitative estimate of drug-likeness (QED) is 0.910. The maximum absolute atomic E-state index is 11.1. The number of hydrogen-bond donors (Lipinski definition) is 1. The minimum atomic E-state index is -0.689. The summed E-state index contributed by atoms with van der Waals surface area (Å²) in [6.45, 7) is 2.40. The number of fused-ring (bicyclic) bond motifs is 3. The van der Waals surface area contributed by atoms with Gasteiger partial charge in [0.25, 0.3) is 0 Å². The van der Waals surface area contributed by atoms with Crippen molar-refractivity contribution in [2.45, 2.75) is 45.1 Å². The molecule has 2 aliphatic heterocycles. The predicted molar refractivity (Wildman–Crippen MR) is 85.5 cm³/mol. The van der Waals surface area contributed by atoms with Crippen LogP contribution in [0.1, 0.15) is 37.9 Å². The van der Waals surface area contributed by atoms with Crippen molar-refractivity contribution >= 4 is 23.0 Å². The number of carbonyl (C=O) groups is 1. The second kappa shape index (κ2) is 5.79. The average Bonchev–Trinajstić information content (AvgIpc) is 2.76. The monoisotopic (exact) mass is 315 g/mol. The number of carboxylic acids is 1. The van der Waals surface area contributed by atoms with Crippen molar-refractivity contribution in [2.75, 3.05) is 18.0 Å². The van der Waals surface area contributed by atoms with E-state index in [1.165, 1.54) is 19.3 Å². The van der Waals surface area contributed by atoms with Gasteiger partial charge in [-0.2, -0.15) is 0 Å². The van der Waals surface area contributed by atoms with Gasteiger partial charge in [0, 0.05) is 26.1 Å². The molecule has 1 fully saturated rings. The molecule has 2 aliphatic rings. The van der Waals surface area contributed by atoms with Gasteiger partial charge in [0.2, 0.25) is 0 Å². The van der Waals surface area contributed by atoms with E-state index in [0.29, 0.717) is 25.9 Å². The highest BCUT2D eigenvalue weighted by atomic mass is 16.4. The van der Waals surface area contributed by atoms with Crippen LogP contribution in [0.2, 0.25) is 0 Å². The first-order valence-corrected chi connectivity index (χ1v) is 8.42. The van der Waals surface area contributed by atoms with Gasteiger partial charge in [-0.15, -0.1) is 0 Å². The molecule has 0 radical (unpaired) electrons. The third kappa shape index (κ3) is 2.54. The van der Waals surface area contributed by atoms with Crippen molar-refractivity contribution in [2.24, 2.45) is 5.92 Å². The normalized spacial score (nSPS) is 19.6. The maximum Gasteiger partial charge on any atom is 0.306 e. The molecule has 0 aliphatic carbocycles. The first-order chi connectivity index (χ1) is 11.2. The molecular weight excluding hydrogens is 294 g/mol. The van der Waals surface area contributed by atoms with Gasteiger partial charge >= 0.3 is 5.97 Å². The van der Waals surface area contributed by atoms with Gasteiger partial charge in [0.15, 0.2) is 17.0 Å². The number of carboxylic acid groups (broad SMARTS) is 1. The summed E-state index contributed by atoms with van der Waals surface area (Å²) in [7, 11) is 0. The van der Waals surface area contributed by atoms with E-state index < -0.39 is 5.97 Å². The van der Waals surface area contributed by atoms with Crippen LogP contribution in [0, 0.1) is 5.92 Å². The molecule has 7 heteroatoms. The molecule has 2 aromatic heterocycles. The van der Waals surface area contributed by atoms with Crippen LogP contribution < -0.4 is 4.90 Å². The van der Waals surface area contributed by atoms with Crippen molar-refractivity contribution in [3.05, 3.63) is 12.2 Å². The first kappa shape index (κ1) is 14.4. The molecule has 23 heavy (non-hydrogen) atoms. The lowest BCUT2D eigenvalue weighted by Gasteiger charge is -2.30. The summed E-state index contributed by atoms with van der Waals surface area (Å²) in [4.78, 5) is 27.0. The zero-order chi connectivity index (χ0) is 15.8. The van der Waals surface area contributed by atoms with E-state index in [9.17, 15) is 4.79 Å². The fourth-order valence-corrected chi connectivity index (χ4v) is 3.69. The molecule has 0 unspecified atom stereocenters. The first-order valence-electron chi connectivity index (χ1n) is 8.42. The topological polar surface area (TPSA) is 84.1 Å². The molecule has 122 valence electrons. The number of aromatic nitrogens is 4. The second-order valence-corrected chi connectivity index (χ2v) is 6.46. The lowest BCUT2D eigenvalue weighted by Crippen LogP contribution is -2.36. The van der Waals surface area contributed by atoms with Crippen LogP contribution in [0.4, 0.5) is 5.82 Å². The van der Waals surface area contributed by atoms with Crippen LogP contribution in [0.25, 0.3) is 11.2 Å². The predicted octanol–water partition coefficient (Wildman–Crippen LogP) is 1.85. The Bertz CT molecular complexity index is 733. The Morgan fingerprint density at radius 2 is 1.96 bits per heavy atom. The number of anilines is 1. The molecule has 4 heterocycles. The summed E-state index contributed by atoms with van der Waals surface area (Å²) in [5.74, 6) is 1.05. The smallest absolute Gasteiger partial charge is 0.306 e. The van der Waals surface area contributed by atoms with E-state index in [4.69, 9.17) is 10.1 Å². The fraction of sp³-hybridized carbons (Fsp3) is 0.625. The zero-order valence-electron chi connectivity index (χ0n) is 13.1. The van der Waals surface area contributed by atoms with Gasteiger partial charge < -0.3 is 14.6 Å². The van der Waals surface area contributed by atoms with E-state index in [1.54, 1.807) is 6.33 Å². The molecule has 0 saturated carbocycles. The Morgan fingerprint density at radius 1 is 1.13 bits per heavy atom. The van der Waals surface area contributed by atoms with Crippen molar-refractivity contribution in [1.29, 1.82) is 0 Å². The summed E-state index contributed by atoms with van der Waals surface area (Å²) in [5, 5.41) is 9.14. The zero-order valence-corrected chi connectivity index (χ0v) is 13.1. The molecule has 2 aromatic rings. The molecule has 0 bridgehead atoms. The highest BCUT2D eigenvalue weighted by molar-refractivity contribution is 5.84. The highest BCUT2D eigenvalue weighted by Crippen LogP contribution is 2.29. The molecule has 0 spiro atoms. The maximum atomic E-state index is 11.1. The number of hydrogen-bond acceptors (Lipinski definition) is 5. The van der Waals surface area contributed by atoms with Crippen molar-refractivity contribution in [1.82, 2.24) is 19.5 Å². The number of aliphatic carboxylic acids is 1. The van der Waals surface area contributed by atoms with Crippen LogP contribution >= 0.6 is 0 Å². The molecule has 1 saturated heterocycles. The number of rotatable bonds is 2. The Morgan fingerprint density at radius 3 is 2.74 bits per heavy atom. The van der Waals surface area contributed by atoms with Crippen LogP contribution in [-0.4, -0.2) is 43.7 Å². The molecule has 7 nitrogen and oxygen atoms in total. The summed E-state index contributed by atoms with van der Waals surface area (Å²) in [6, 6.07) is 0. The number of aryl methyl sites for hydroxylation is 2. The molecular formula is C16H21N5O2. The minimum absolute atomic E-state index is 0.234. The van der Waals surface area contributed by atoms with Gasteiger partial charge in [-0.3, -0.25) is 4.79 Å². The number of piperidine rings is 1. The number of imidazole rings is 1. The molecule has 0 atom stereocenters. The van der Waals surface area contributed by atoms with Gasteiger partial charge in [0.1, 0.15) is 12.2 Å². The molecule has 0 aromatic carbocycles. The Labute approximate surface area is 134 Å². The van der Waals surface area contributed by atoms with E-state index in [0.717, 1.165) is 35.8 Å².